The quantitative estimate of drug-likeness (QED) is 0.101. The second-order valence-corrected chi connectivity index (χ2v) is 14.2. The average Bonchev–Trinajstić information content (AvgIpc) is 3.75. The number of nitrogens with two attached hydrogens (primary N) is 1. The van der Waals surface area contributed by atoms with Gasteiger partial charge < -0.3 is 25.0 Å². The molecule has 0 aliphatic rings. The number of thiazole rings is 1. The number of aliphatic hydroxyl groups excluding tert-OH is 1. The molecule has 0 aliphatic carbocycles. The summed E-state index contributed by atoms with van der Waals surface area (Å²) in [5.74, 6) is -0.387. The lowest BCUT2D eigenvalue weighted by Gasteiger charge is -2.21. The fraction of sp³-hybridized carbons (Fsp3) is 0.312. The van der Waals surface area contributed by atoms with Crippen LogP contribution in [0.3, 0.4) is 0 Å². The normalized spacial score (nSPS) is 13.9. The van der Waals surface area contributed by atoms with Crippen LogP contribution in [0, 0.1) is 0 Å². The van der Waals surface area contributed by atoms with Gasteiger partial charge in [-0.2, -0.15) is 13.2 Å². The predicted octanol–water partition coefficient (Wildman–Crippen LogP) is 3.91. The van der Waals surface area contributed by atoms with E-state index >= 15 is 0 Å². The van der Waals surface area contributed by atoms with Crippen molar-refractivity contribution in [2.75, 3.05) is 19.8 Å². The maximum atomic E-state index is 13.0. The van der Waals surface area contributed by atoms with E-state index in [1.54, 1.807) is 48.7 Å². The Labute approximate surface area is 292 Å². The van der Waals surface area contributed by atoms with E-state index in [1.807, 2.05) is 0 Å². The molecule has 0 saturated carbocycles. The molecule has 1 unspecified atom stereocenters. The SMILES string of the molecule is NS(=O)(=O)c1nc2ccc(OCc3cn([C@@H](CN[C@@H](Cc4ccc(C(F)(F)F)cc4)C(=O)O)Cc4ccc(OCC(O)CF)cc4)nn3)cc2s1. The van der Waals surface area contributed by atoms with Gasteiger partial charge in [-0.1, -0.05) is 29.5 Å². The number of sulfonamides is 1. The van der Waals surface area contributed by atoms with Gasteiger partial charge in [-0.3, -0.25) is 4.79 Å². The number of rotatable bonds is 17. The number of alkyl halides is 4. The van der Waals surface area contributed by atoms with Gasteiger partial charge >= 0.3 is 12.1 Å². The summed E-state index contributed by atoms with van der Waals surface area (Å²) >= 11 is 0.902. The highest BCUT2D eigenvalue weighted by atomic mass is 32.2. The molecule has 0 aliphatic heterocycles. The predicted molar refractivity (Wildman–Crippen MR) is 177 cm³/mol. The number of carbonyl (C=O) groups is 1. The van der Waals surface area contributed by atoms with E-state index in [9.17, 15) is 41.0 Å². The molecular formula is C32H32F4N6O7S2. The number of benzene rings is 3. The van der Waals surface area contributed by atoms with Crippen LogP contribution in [-0.2, 0) is 40.4 Å². The molecule has 5 N–H and O–H groups in total. The van der Waals surface area contributed by atoms with Gasteiger partial charge in [-0.15, -0.1) is 16.4 Å². The number of hydrogen-bond donors (Lipinski definition) is 4. The van der Waals surface area contributed by atoms with E-state index in [0.717, 1.165) is 29.0 Å². The zero-order chi connectivity index (χ0) is 36.8. The molecule has 0 spiro atoms. The summed E-state index contributed by atoms with van der Waals surface area (Å²) in [6.07, 6.45) is -3.92. The number of aliphatic hydroxyl groups is 1. The molecule has 0 radical (unpaired) electrons. The highest BCUT2D eigenvalue weighted by Crippen LogP contribution is 2.30. The number of carboxylic acids is 1. The van der Waals surface area contributed by atoms with Gasteiger partial charge in [0, 0.05) is 6.54 Å². The molecule has 5 rings (SSSR count). The molecule has 0 saturated heterocycles. The van der Waals surface area contributed by atoms with Crippen LogP contribution in [0.25, 0.3) is 10.2 Å². The lowest BCUT2D eigenvalue weighted by molar-refractivity contribution is -0.140. The molecule has 272 valence electrons. The van der Waals surface area contributed by atoms with Crippen molar-refractivity contribution in [1.82, 2.24) is 25.3 Å². The van der Waals surface area contributed by atoms with Gasteiger partial charge in [-0.05, 0) is 66.4 Å². The minimum absolute atomic E-state index is 0.0189. The fourth-order valence-electron chi connectivity index (χ4n) is 4.89. The van der Waals surface area contributed by atoms with E-state index in [-0.39, 0.29) is 30.5 Å². The zero-order valence-corrected chi connectivity index (χ0v) is 28.2. The van der Waals surface area contributed by atoms with Crippen LogP contribution in [0.5, 0.6) is 11.5 Å². The fourth-order valence-corrected chi connectivity index (χ4v) is 6.58. The second kappa shape index (κ2) is 16.1. The number of hydrogen-bond acceptors (Lipinski definition) is 11. The molecule has 3 aromatic carbocycles. The number of aromatic nitrogens is 4. The minimum Gasteiger partial charge on any atom is -0.491 e. The first-order valence-corrected chi connectivity index (χ1v) is 17.6. The standard InChI is InChI=1S/C32H32F4N6O7S2/c33-14-24(43)18-49-25-7-3-19(4-8-25)11-23(15-38-28(30(44)45)12-20-1-5-21(6-2-20)32(34,35)36)42-16-22(40-41-42)17-48-26-9-10-27-29(13-26)50-31(39-27)51(37,46)47/h1-10,13,16,23-24,28,38,43H,11-12,14-15,17-18H2,(H,44,45)(H2,37,46,47)/t23-,24?,28+/m1/s1. The molecule has 2 aromatic heterocycles. The highest BCUT2D eigenvalue weighted by molar-refractivity contribution is 7.91. The summed E-state index contributed by atoms with van der Waals surface area (Å²) in [6.45, 7) is -1.13. The van der Waals surface area contributed by atoms with Crippen molar-refractivity contribution in [2.24, 2.45) is 5.14 Å². The number of aliphatic carboxylic acids is 1. The summed E-state index contributed by atoms with van der Waals surface area (Å²) in [5, 5.41) is 36.0. The van der Waals surface area contributed by atoms with Crippen molar-refractivity contribution < 1.29 is 50.5 Å². The number of primary sulfonamides is 1. The molecule has 3 atom stereocenters. The van der Waals surface area contributed by atoms with Crippen LogP contribution in [0.4, 0.5) is 17.6 Å². The van der Waals surface area contributed by atoms with E-state index in [1.165, 1.54) is 16.8 Å². The molecule has 13 nitrogen and oxygen atoms in total. The highest BCUT2D eigenvalue weighted by Gasteiger charge is 2.30. The Morgan fingerprint density at radius 2 is 1.67 bits per heavy atom. The van der Waals surface area contributed by atoms with Crippen molar-refractivity contribution in [3.05, 3.63) is 95.3 Å². The smallest absolute Gasteiger partial charge is 0.416 e. The molecule has 2 heterocycles. The van der Waals surface area contributed by atoms with Crippen LogP contribution in [0.2, 0.25) is 0 Å². The average molecular weight is 753 g/mol. The molecule has 0 fully saturated rings. The van der Waals surface area contributed by atoms with Gasteiger partial charge in [0.05, 0.1) is 28.0 Å². The largest absolute Gasteiger partial charge is 0.491 e. The molecule has 51 heavy (non-hydrogen) atoms. The minimum atomic E-state index is -4.52. The van der Waals surface area contributed by atoms with E-state index in [4.69, 9.17) is 14.6 Å². The first kappa shape index (κ1) is 37.6. The Morgan fingerprint density at radius 3 is 2.31 bits per heavy atom. The first-order chi connectivity index (χ1) is 24.2. The number of ether oxygens (including phenoxy) is 2. The summed E-state index contributed by atoms with van der Waals surface area (Å²) in [5.41, 5.74) is 1.20. The Kier molecular flexibility index (Phi) is 11.9. The van der Waals surface area contributed by atoms with Gasteiger partial charge in [0.25, 0.3) is 10.0 Å². The van der Waals surface area contributed by atoms with Crippen LogP contribution in [-0.4, -0.2) is 76.6 Å². The Morgan fingerprint density at radius 1 is 1.00 bits per heavy atom. The maximum absolute atomic E-state index is 13.0. The number of fused-ring (bicyclic) bond motifs is 1. The van der Waals surface area contributed by atoms with E-state index in [2.05, 4.69) is 20.6 Å². The topological polar surface area (TPSA) is 192 Å². The van der Waals surface area contributed by atoms with Crippen molar-refractivity contribution in [3.8, 4) is 11.5 Å². The number of carboxylic acid groups (broad SMARTS) is 1. The third-order valence-electron chi connectivity index (χ3n) is 7.54. The van der Waals surface area contributed by atoms with Crippen molar-refractivity contribution in [1.29, 1.82) is 0 Å². The third kappa shape index (κ3) is 10.4. The van der Waals surface area contributed by atoms with Crippen LogP contribution in [0.15, 0.2) is 77.3 Å². The molecule has 0 bridgehead atoms. The third-order valence-corrected chi connectivity index (χ3v) is 9.87. The monoisotopic (exact) mass is 752 g/mol. The van der Waals surface area contributed by atoms with Gasteiger partial charge in [-0.25, -0.2) is 27.6 Å². The van der Waals surface area contributed by atoms with E-state index < -0.39 is 52.6 Å². The van der Waals surface area contributed by atoms with Gasteiger partial charge in [0.1, 0.15) is 49.2 Å². The zero-order valence-electron chi connectivity index (χ0n) is 26.5. The Hall–Kier alpha value is -4.69. The second-order valence-electron chi connectivity index (χ2n) is 11.5. The van der Waals surface area contributed by atoms with Crippen molar-refractivity contribution >= 4 is 37.5 Å². The molecule has 19 heteroatoms. The number of halogens is 4. The lowest BCUT2D eigenvalue weighted by Crippen LogP contribution is -2.42. The van der Waals surface area contributed by atoms with Gasteiger partial charge in [0.2, 0.25) is 4.34 Å². The van der Waals surface area contributed by atoms with Crippen molar-refractivity contribution in [3.63, 3.8) is 0 Å². The van der Waals surface area contributed by atoms with Crippen molar-refractivity contribution in [2.45, 2.75) is 48.2 Å². The summed E-state index contributed by atoms with van der Waals surface area (Å²) in [6, 6.07) is 14.2. The molecular weight excluding hydrogens is 721 g/mol. The summed E-state index contributed by atoms with van der Waals surface area (Å²) < 4.78 is 88.1. The summed E-state index contributed by atoms with van der Waals surface area (Å²) in [7, 11) is -3.96. The summed E-state index contributed by atoms with van der Waals surface area (Å²) in [4.78, 5) is 16.2. The lowest BCUT2D eigenvalue weighted by atomic mass is 10.0. The Bertz CT molecular complexity index is 2040. The van der Waals surface area contributed by atoms with Crippen LogP contribution >= 0.6 is 11.3 Å². The van der Waals surface area contributed by atoms with Gasteiger partial charge in [0.15, 0.2) is 0 Å². The first-order valence-electron chi connectivity index (χ1n) is 15.2. The van der Waals surface area contributed by atoms with Crippen LogP contribution in [0.1, 0.15) is 28.4 Å². The Balaban J connectivity index is 1.30. The molecule has 5 aromatic rings. The van der Waals surface area contributed by atoms with E-state index in [0.29, 0.717) is 39.4 Å². The van der Waals surface area contributed by atoms with Crippen LogP contribution < -0.4 is 19.9 Å². The number of nitrogens with zero attached hydrogens (tertiary/aromatic N) is 4. The number of nitrogens with one attached hydrogen (secondary N) is 1. The maximum Gasteiger partial charge on any atom is 0.416 e. The molecule has 0 amide bonds.